The number of hydrogen-bond acceptors (Lipinski definition) is 7. The summed E-state index contributed by atoms with van der Waals surface area (Å²) in [5.41, 5.74) is 8.30. The molecule has 3 aromatic rings. The molecule has 0 amide bonds. The van der Waals surface area contributed by atoms with Gasteiger partial charge < -0.3 is 20.5 Å². The quantitative estimate of drug-likeness (QED) is 0.641. The van der Waals surface area contributed by atoms with E-state index in [1.807, 2.05) is 12.1 Å². The van der Waals surface area contributed by atoms with Gasteiger partial charge in [-0.2, -0.15) is 4.98 Å². The minimum Gasteiger partial charge on any atom is -0.493 e. The number of aromatic nitrogens is 2. The molecule has 1 saturated heterocycles. The van der Waals surface area contributed by atoms with Crippen molar-refractivity contribution >= 4 is 22.7 Å². The van der Waals surface area contributed by atoms with Crippen molar-refractivity contribution in [1.82, 2.24) is 14.9 Å². The van der Waals surface area contributed by atoms with E-state index in [2.05, 4.69) is 57.4 Å². The van der Waals surface area contributed by atoms with Gasteiger partial charge in [0.1, 0.15) is 5.82 Å². The van der Waals surface area contributed by atoms with E-state index in [1.54, 1.807) is 14.2 Å². The fourth-order valence-electron chi connectivity index (χ4n) is 4.10. The van der Waals surface area contributed by atoms with Gasteiger partial charge in [0.15, 0.2) is 11.5 Å². The maximum Gasteiger partial charge on any atom is 0.225 e. The van der Waals surface area contributed by atoms with Gasteiger partial charge in [0.05, 0.1) is 19.7 Å². The lowest BCUT2D eigenvalue weighted by Gasteiger charge is -2.36. The lowest BCUT2D eigenvalue weighted by molar-refractivity contribution is 0.167. The molecule has 1 aliphatic heterocycles. The summed E-state index contributed by atoms with van der Waals surface area (Å²) < 4.78 is 10.7. The third-order valence-corrected chi connectivity index (χ3v) is 5.92. The highest BCUT2D eigenvalue weighted by atomic mass is 16.5. The predicted octanol–water partition coefficient (Wildman–Crippen LogP) is 3.87. The van der Waals surface area contributed by atoms with Crippen LogP contribution in [-0.4, -0.2) is 48.2 Å². The Hall–Kier alpha value is -3.06. The molecule has 1 aromatic heterocycles. The molecule has 3 N–H and O–H groups in total. The molecule has 158 valence electrons. The summed E-state index contributed by atoms with van der Waals surface area (Å²) in [6, 6.07) is 15.1. The fraction of sp³-hybridized carbons (Fsp3) is 0.391. The SMILES string of the molecule is COc1cc2nc(NC3CCN(C(C)c4ccccc4)CC3)nc(N)c2cc1OC. The van der Waals surface area contributed by atoms with E-state index >= 15 is 0 Å². The van der Waals surface area contributed by atoms with Crippen LogP contribution in [0.1, 0.15) is 31.4 Å². The average Bonchev–Trinajstić information content (AvgIpc) is 2.79. The highest BCUT2D eigenvalue weighted by Gasteiger charge is 2.24. The average molecular weight is 408 g/mol. The highest BCUT2D eigenvalue weighted by molar-refractivity contribution is 5.91. The topological polar surface area (TPSA) is 85.5 Å². The second-order valence-corrected chi connectivity index (χ2v) is 7.70. The summed E-state index contributed by atoms with van der Waals surface area (Å²) in [4.78, 5) is 11.7. The van der Waals surface area contributed by atoms with Gasteiger partial charge in [-0.15, -0.1) is 0 Å². The Kier molecular flexibility index (Phi) is 5.90. The van der Waals surface area contributed by atoms with Crippen LogP contribution in [0.15, 0.2) is 42.5 Å². The van der Waals surface area contributed by atoms with E-state index in [1.165, 1.54) is 5.56 Å². The maximum atomic E-state index is 6.21. The maximum absolute atomic E-state index is 6.21. The van der Waals surface area contributed by atoms with E-state index in [9.17, 15) is 0 Å². The number of methoxy groups -OCH3 is 2. The van der Waals surface area contributed by atoms with Crippen LogP contribution in [-0.2, 0) is 0 Å². The van der Waals surface area contributed by atoms with Crippen LogP contribution < -0.4 is 20.5 Å². The zero-order chi connectivity index (χ0) is 21.1. The Labute approximate surface area is 177 Å². The van der Waals surface area contributed by atoms with Crippen LogP contribution in [0.25, 0.3) is 10.9 Å². The number of nitrogens with one attached hydrogen (secondary N) is 1. The highest BCUT2D eigenvalue weighted by Crippen LogP contribution is 2.34. The number of anilines is 2. The molecule has 7 nitrogen and oxygen atoms in total. The fourth-order valence-corrected chi connectivity index (χ4v) is 4.10. The Morgan fingerprint density at radius 3 is 2.37 bits per heavy atom. The van der Waals surface area contributed by atoms with Crippen molar-refractivity contribution < 1.29 is 9.47 Å². The Balaban J connectivity index is 1.45. The molecule has 0 saturated carbocycles. The first-order valence-electron chi connectivity index (χ1n) is 10.3. The molecule has 1 unspecified atom stereocenters. The first-order chi connectivity index (χ1) is 14.6. The standard InChI is InChI=1S/C23H29N5O2/c1-15(16-7-5-4-6-8-16)28-11-9-17(10-12-28)25-23-26-19-14-21(30-3)20(29-2)13-18(19)22(24)27-23/h4-8,13-15,17H,9-12H2,1-3H3,(H3,24,25,26,27). The molecule has 1 atom stereocenters. The molecule has 2 aromatic carbocycles. The number of hydrogen-bond donors (Lipinski definition) is 2. The number of nitrogens with two attached hydrogens (primary N) is 1. The van der Waals surface area contributed by atoms with E-state index in [0.717, 1.165) is 36.8 Å². The van der Waals surface area contributed by atoms with Crippen molar-refractivity contribution in [3.05, 3.63) is 48.0 Å². The van der Waals surface area contributed by atoms with Gasteiger partial charge in [-0.1, -0.05) is 30.3 Å². The predicted molar refractivity (Wildman–Crippen MR) is 120 cm³/mol. The molecule has 0 radical (unpaired) electrons. The minimum absolute atomic E-state index is 0.321. The first-order valence-corrected chi connectivity index (χ1v) is 10.3. The summed E-state index contributed by atoms with van der Waals surface area (Å²) in [7, 11) is 3.21. The number of likely N-dealkylation sites (tertiary alicyclic amines) is 1. The summed E-state index contributed by atoms with van der Waals surface area (Å²) in [5, 5.41) is 4.23. The van der Waals surface area contributed by atoms with Crippen molar-refractivity contribution in [3.8, 4) is 11.5 Å². The number of piperidine rings is 1. The van der Waals surface area contributed by atoms with Gasteiger partial charge >= 0.3 is 0 Å². The number of nitrogens with zero attached hydrogens (tertiary/aromatic N) is 3. The minimum atomic E-state index is 0.321. The molecule has 1 aliphatic rings. The number of nitrogen functional groups attached to an aromatic ring is 1. The molecule has 30 heavy (non-hydrogen) atoms. The van der Waals surface area contributed by atoms with E-state index < -0.39 is 0 Å². The molecule has 0 bridgehead atoms. The number of ether oxygens (including phenoxy) is 2. The van der Waals surface area contributed by atoms with Crippen LogP contribution >= 0.6 is 0 Å². The van der Waals surface area contributed by atoms with Crippen molar-refractivity contribution in [2.24, 2.45) is 0 Å². The van der Waals surface area contributed by atoms with Crippen molar-refractivity contribution in [2.75, 3.05) is 38.4 Å². The number of fused-ring (bicyclic) bond motifs is 1. The normalized spacial score (nSPS) is 16.4. The van der Waals surface area contributed by atoms with Crippen LogP contribution in [0.2, 0.25) is 0 Å². The largest absolute Gasteiger partial charge is 0.493 e. The molecular formula is C23H29N5O2. The molecule has 4 rings (SSSR count). The van der Waals surface area contributed by atoms with E-state index in [4.69, 9.17) is 15.2 Å². The summed E-state index contributed by atoms with van der Waals surface area (Å²) in [5.74, 6) is 2.22. The lowest BCUT2D eigenvalue weighted by Crippen LogP contribution is -2.40. The summed E-state index contributed by atoms with van der Waals surface area (Å²) in [6.45, 7) is 4.33. The van der Waals surface area contributed by atoms with Gasteiger partial charge in [0, 0.05) is 36.6 Å². The van der Waals surface area contributed by atoms with Crippen molar-refractivity contribution in [3.63, 3.8) is 0 Å². The number of benzene rings is 2. The number of rotatable bonds is 6. The molecule has 0 aliphatic carbocycles. The Morgan fingerprint density at radius 2 is 1.70 bits per heavy atom. The Morgan fingerprint density at radius 1 is 1.03 bits per heavy atom. The zero-order valence-corrected chi connectivity index (χ0v) is 17.8. The molecule has 0 spiro atoms. The monoisotopic (exact) mass is 407 g/mol. The van der Waals surface area contributed by atoms with Gasteiger partial charge in [-0.05, 0) is 31.4 Å². The van der Waals surface area contributed by atoms with Crippen LogP contribution in [0, 0.1) is 0 Å². The molecule has 2 heterocycles. The van der Waals surface area contributed by atoms with Crippen LogP contribution in [0.3, 0.4) is 0 Å². The van der Waals surface area contributed by atoms with Gasteiger partial charge in [-0.25, -0.2) is 4.98 Å². The first kappa shape index (κ1) is 20.2. The van der Waals surface area contributed by atoms with Crippen molar-refractivity contribution in [1.29, 1.82) is 0 Å². The second kappa shape index (κ2) is 8.75. The molecule has 1 fully saturated rings. The van der Waals surface area contributed by atoms with E-state index in [-0.39, 0.29) is 0 Å². The van der Waals surface area contributed by atoms with Crippen LogP contribution in [0.5, 0.6) is 11.5 Å². The summed E-state index contributed by atoms with van der Waals surface area (Å²) in [6.07, 6.45) is 2.06. The van der Waals surface area contributed by atoms with Gasteiger partial charge in [0.25, 0.3) is 0 Å². The van der Waals surface area contributed by atoms with Gasteiger partial charge in [-0.3, -0.25) is 4.90 Å². The zero-order valence-electron chi connectivity index (χ0n) is 17.8. The second-order valence-electron chi connectivity index (χ2n) is 7.70. The smallest absolute Gasteiger partial charge is 0.225 e. The van der Waals surface area contributed by atoms with E-state index in [0.29, 0.717) is 35.3 Å². The molecule has 7 heteroatoms. The third-order valence-electron chi connectivity index (χ3n) is 5.92. The summed E-state index contributed by atoms with van der Waals surface area (Å²) >= 11 is 0. The van der Waals surface area contributed by atoms with Crippen molar-refractivity contribution in [2.45, 2.75) is 31.8 Å². The third kappa shape index (κ3) is 4.11. The van der Waals surface area contributed by atoms with Gasteiger partial charge in [0.2, 0.25) is 5.95 Å². The Bertz CT molecular complexity index is 1000. The van der Waals surface area contributed by atoms with Crippen LogP contribution in [0.4, 0.5) is 11.8 Å². The lowest BCUT2D eigenvalue weighted by atomic mass is 10.0. The molecular weight excluding hydrogens is 378 g/mol.